The third kappa shape index (κ3) is 6.05. The largest absolute Gasteiger partial charge is 0.345 e. The van der Waals surface area contributed by atoms with Crippen LogP contribution in [0.2, 0.25) is 0 Å². The summed E-state index contributed by atoms with van der Waals surface area (Å²) in [6.45, 7) is 4.23. The summed E-state index contributed by atoms with van der Waals surface area (Å²) >= 11 is 0. The number of rotatable bonds is 6. The second kappa shape index (κ2) is 10.4. The lowest BCUT2D eigenvalue weighted by molar-refractivity contribution is -0.122. The molecule has 3 rings (SSSR count). The van der Waals surface area contributed by atoms with E-state index in [-0.39, 0.29) is 30.2 Å². The van der Waals surface area contributed by atoms with Crippen molar-refractivity contribution in [2.45, 2.75) is 32.2 Å². The lowest BCUT2D eigenvalue weighted by Gasteiger charge is -2.28. The maximum atomic E-state index is 13.7. The Morgan fingerprint density at radius 2 is 1.78 bits per heavy atom. The molecule has 0 aliphatic carbocycles. The van der Waals surface area contributed by atoms with E-state index in [9.17, 15) is 9.18 Å². The quantitative estimate of drug-likeness (QED) is 0.763. The van der Waals surface area contributed by atoms with Gasteiger partial charge >= 0.3 is 0 Å². The van der Waals surface area contributed by atoms with Gasteiger partial charge in [-0.05, 0) is 61.0 Å². The molecule has 1 saturated heterocycles. The van der Waals surface area contributed by atoms with Crippen LogP contribution in [0.5, 0.6) is 0 Å². The van der Waals surface area contributed by atoms with Crippen LogP contribution in [0.1, 0.15) is 43.4 Å². The monoisotopic (exact) mass is 390 g/mol. The Balaban J connectivity index is 0.00000261. The molecule has 5 heteroatoms. The Kier molecular flexibility index (Phi) is 8.26. The third-order valence-corrected chi connectivity index (χ3v) is 5.32. The smallest absolute Gasteiger partial charge is 0.221 e. The van der Waals surface area contributed by atoms with Crippen molar-refractivity contribution in [3.8, 4) is 0 Å². The summed E-state index contributed by atoms with van der Waals surface area (Å²) in [4.78, 5) is 12.7. The fourth-order valence-electron chi connectivity index (χ4n) is 3.78. The van der Waals surface area contributed by atoms with Crippen LogP contribution in [-0.2, 0) is 4.79 Å². The second-order valence-electron chi connectivity index (χ2n) is 7.24. The fraction of sp³-hybridized carbons (Fsp3) is 0.409. The molecule has 0 bridgehead atoms. The summed E-state index contributed by atoms with van der Waals surface area (Å²) in [7, 11) is 0. The van der Waals surface area contributed by atoms with Crippen molar-refractivity contribution in [3.05, 3.63) is 71.5 Å². The van der Waals surface area contributed by atoms with E-state index in [1.165, 1.54) is 12.1 Å². The number of hydrogen-bond donors (Lipinski definition) is 2. The van der Waals surface area contributed by atoms with Gasteiger partial charge in [-0.25, -0.2) is 4.39 Å². The van der Waals surface area contributed by atoms with Gasteiger partial charge in [0, 0.05) is 6.42 Å². The van der Waals surface area contributed by atoms with Crippen molar-refractivity contribution < 1.29 is 9.18 Å². The number of piperidine rings is 1. The second-order valence-corrected chi connectivity index (χ2v) is 7.24. The topological polar surface area (TPSA) is 41.1 Å². The molecule has 2 N–H and O–H groups in total. The molecule has 0 spiro atoms. The molecule has 1 amide bonds. The van der Waals surface area contributed by atoms with Crippen molar-refractivity contribution in [3.63, 3.8) is 0 Å². The van der Waals surface area contributed by atoms with Gasteiger partial charge in [-0.2, -0.15) is 0 Å². The standard InChI is InChI=1S/C22H27FN2O.ClH/c1-16(17-10-12-24-13-11-17)14-21(26)25-22(18-6-3-2-4-7-18)19-8-5-9-20(23)15-19;/h2-9,15-17,22,24H,10-14H2,1H3,(H,25,26);1H. The summed E-state index contributed by atoms with van der Waals surface area (Å²) in [5.74, 6) is 0.669. The van der Waals surface area contributed by atoms with Gasteiger partial charge in [0.05, 0.1) is 6.04 Å². The number of benzene rings is 2. The maximum Gasteiger partial charge on any atom is 0.221 e. The molecule has 1 fully saturated rings. The minimum Gasteiger partial charge on any atom is -0.345 e. The number of nitrogens with one attached hydrogen (secondary N) is 2. The number of halogens is 2. The molecular weight excluding hydrogens is 363 g/mol. The van der Waals surface area contributed by atoms with Crippen LogP contribution in [0.25, 0.3) is 0 Å². The number of carbonyl (C=O) groups is 1. The molecule has 1 aliphatic rings. The molecule has 0 aromatic heterocycles. The Labute approximate surface area is 167 Å². The van der Waals surface area contributed by atoms with Crippen LogP contribution < -0.4 is 10.6 Å². The SMILES string of the molecule is CC(CC(=O)NC(c1ccccc1)c1cccc(F)c1)C1CCNCC1.Cl. The number of hydrogen-bond acceptors (Lipinski definition) is 2. The van der Waals surface area contributed by atoms with Gasteiger partial charge in [-0.15, -0.1) is 12.4 Å². The summed E-state index contributed by atoms with van der Waals surface area (Å²) < 4.78 is 13.7. The first kappa shape index (κ1) is 21.4. The number of amides is 1. The lowest BCUT2D eigenvalue weighted by atomic mass is 9.84. The normalized spacial score (nSPS) is 16.8. The van der Waals surface area contributed by atoms with Crippen LogP contribution in [0, 0.1) is 17.7 Å². The van der Waals surface area contributed by atoms with Crippen LogP contribution >= 0.6 is 12.4 Å². The molecule has 2 unspecified atom stereocenters. The van der Waals surface area contributed by atoms with Crippen molar-refractivity contribution in [2.24, 2.45) is 11.8 Å². The van der Waals surface area contributed by atoms with Crippen LogP contribution in [0.3, 0.4) is 0 Å². The first-order valence-corrected chi connectivity index (χ1v) is 9.44. The zero-order valence-electron chi connectivity index (χ0n) is 15.7. The molecule has 3 nitrogen and oxygen atoms in total. The Morgan fingerprint density at radius 1 is 1.11 bits per heavy atom. The highest BCUT2D eigenvalue weighted by atomic mass is 35.5. The first-order valence-electron chi connectivity index (χ1n) is 9.44. The average Bonchev–Trinajstić information content (AvgIpc) is 2.67. The summed E-state index contributed by atoms with van der Waals surface area (Å²) in [6.07, 6.45) is 2.75. The van der Waals surface area contributed by atoms with Crippen LogP contribution in [0.15, 0.2) is 54.6 Å². The van der Waals surface area contributed by atoms with Gasteiger partial charge in [0.15, 0.2) is 0 Å². The van der Waals surface area contributed by atoms with E-state index in [1.54, 1.807) is 6.07 Å². The van der Waals surface area contributed by atoms with E-state index in [0.29, 0.717) is 18.3 Å². The molecule has 2 aromatic rings. The van der Waals surface area contributed by atoms with E-state index in [0.717, 1.165) is 37.1 Å². The van der Waals surface area contributed by atoms with Gasteiger partial charge in [0.25, 0.3) is 0 Å². The zero-order valence-corrected chi connectivity index (χ0v) is 16.5. The summed E-state index contributed by atoms with van der Waals surface area (Å²) in [5, 5.41) is 6.49. The van der Waals surface area contributed by atoms with Crippen LogP contribution in [0.4, 0.5) is 4.39 Å². The lowest BCUT2D eigenvalue weighted by Crippen LogP contribution is -2.35. The number of carbonyl (C=O) groups excluding carboxylic acids is 1. The van der Waals surface area contributed by atoms with E-state index in [2.05, 4.69) is 17.6 Å². The van der Waals surface area contributed by atoms with E-state index in [1.807, 2.05) is 36.4 Å². The third-order valence-electron chi connectivity index (χ3n) is 5.32. The van der Waals surface area contributed by atoms with E-state index < -0.39 is 0 Å². The van der Waals surface area contributed by atoms with Gasteiger partial charge in [0.2, 0.25) is 5.91 Å². The predicted octanol–water partition coefficient (Wildman–Crippen LogP) is 4.48. The molecular formula is C22H28ClFN2O. The highest BCUT2D eigenvalue weighted by Crippen LogP contribution is 2.26. The molecule has 27 heavy (non-hydrogen) atoms. The average molecular weight is 391 g/mol. The Morgan fingerprint density at radius 3 is 2.44 bits per heavy atom. The Hall–Kier alpha value is -1.91. The van der Waals surface area contributed by atoms with Crippen molar-refractivity contribution in [1.82, 2.24) is 10.6 Å². The highest BCUT2D eigenvalue weighted by Gasteiger charge is 2.24. The first-order chi connectivity index (χ1) is 12.6. The van der Waals surface area contributed by atoms with Crippen molar-refractivity contribution in [1.29, 1.82) is 0 Å². The minimum absolute atomic E-state index is 0. The molecule has 2 aromatic carbocycles. The van der Waals surface area contributed by atoms with Crippen molar-refractivity contribution >= 4 is 18.3 Å². The molecule has 0 radical (unpaired) electrons. The summed E-state index contributed by atoms with van der Waals surface area (Å²) in [6, 6.07) is 15.9. The predicted molar refractivity (Wildman–Crippen MR) is 109 cm³/mol. The highest BCUT2D eigenvalue weighted by molar-refractivity contribution is 5.85. The van der Waals surface area contributed by atoms with E-state index in [4.69, 9.17) is 0 Å². The van der Waals surface area contributed by atoms with Gasteiger partial charge < -0.3 is 10.6 Å². The molecule has 1 heterocycles. The molecule has 1 aliphatic heterocycles. The molecule has 2 atom stereocenters. The van der Waals surface area contributed by atoms with Gasteiger partial charge in [0.1, 0.15) is 5.82 Å². The van der Waals surface area contributed by atoms with Gasteiger partial charge in [-0.1, -0.05) is 49.4 Å². The van der Waals surface area contributed by atoms with Crippen molar-refractivity contribution in [2.75, 3.05) is 13.1 Å². The van der Waals surface area contributed by atoms with E-state index >= 15 is 0 Å². The molecule has 0 saturated carbocycles. The van der Waals surface area contributed by atoms with Crippen LogP contribution in [-0.4, -0.2) is 19.0 Å². The van der Waals surface area contributed by atoms with Gasteiger partial charge in [-0.3, -0.25) is 4.79 Å². The maximum absolute atomic E-state index is 13.7. The fourth-order valence-corrected chi connectivity index (χ4v) is 3.78. The molecule has 146 valence electrons. The zero-order chi connectivity index (χ0) is 18.4. The Bertz CT molecular complexity index is 719. The minimum atomic E-state index is -0.334. The summed E-state index contributed by atoms with van der Waals surface area (Å²) in [5.41, 5.74) is 1.72.